The zero-order valence-corrected chi connectivity index (χ0v) is 20.4. The smallest absolute Gasteiger partial charge is 0.305 e. The lowest BCUT2D eigenvalue weighted by molar-refractivity contribution is -0.0459. The Morgan fingerprint density at radius 3 is 1.86 bits per heavy atom. The minimum atomic E-state index is -3.70. The highest BCUT2D eigenvalue weighted by molar-refractivity contribution is 7.89. The summed E-state index contributed by atoms with van der Waals surface area (Å²) < 4.78 is 41.4. The van der Waals surface area contributed by atoms with Gasteiger partial charge in [0, 0.05) is 30.3 Å². The monoisotopic (exact) mass is 495 g/mol. The fourth-order valence-corrected chi connectivity index (χ4v) is 6.19. The second-order valence-corrected chi connectivity index (χ2v) is 10.8. The number of hydrogen-bond donors (Lipinski definition) is 0. The molecule has 4 aromatic rings. The van der Waals surface area contributed by atoms with Gasteiger partial charge in [0.15, 0.2) is 11.5 Å². The van der Waals surface area contributed by atoms with Crippen LogP contribution in [0, 0.1) is 0 Å². The Morgan fingerprint density at radius 2 is 1.28 bits per heavy atom. The average Bonchev–Trinajstić information content (AvgIpc) is 3.35. The van der Waals surface area contributed by atoms with Crippen molar-refractivity contribution in [2.45, 2.75) is 17.1 Å². The molecule has 6 heteroatoms. The Bertz CT molecular complexity index is 1480. The van der Waals surface area contributed by atoms with E-state index in [-0.39, 0.29) is 4.90 Å². The largest absolute Gasteiger partial charge is 0.440 e. The maximum Gasteiger partial charge on any atom is 0.305 e. The molecule has 36 heavy (non-hydrogen) atoms. The van der Waals surface area contributed by atoms with Gasteiger partial charge in [-0.2, -0.15) is 4.31 Å². The summed E-state index contributed by atoms with van der Waals surface area (Å²) in [6, 6.07) is 34.3. The Kier molecular flexibility index (Phi) is 5.63. The van der Waals surface area contributed by atoms with Gasteiger partial charge in [0.1, 0.15) is 0 Å². The number of rotatable bonds is 5. The standard InChI is InChI=1S/C30H25NO4S/c32-36(33,31-20-18-24(19-21-31)23-10-4-1-5-11-23)27-16-17-28-29(22-27)35-30(34-28,25-12-6-2-7-13-25)26-14-8-3-9-15-26/h1-18,22H,19-21H2. The fourth-order valence-electron chi connectivity index (χ4n) is 4.79. The lowest BCUT2D eigenvalue weighted by Gasteiger charge is -2.28. The highest BCUT2D eigenvalue weighted by Crippen LogP contribution is 2.48. The van der Waals surface area contributed by atoms with Crippen molar-refractivity contribution in [3.8, 4) is 11.5 Å². The van der Waals surface area contributed by atoms with E-state index in [4.69, 9.17) is 9.47 Å². The van der Waals surface area contributed by atoms with Crippen LogP contribution in [-0.4, -0.2) is 25.8 Å². The lowest BCUT2D eigenvalue weighted by Crippen LogP contribution is -2.36. The normalized spacial score (nSPS) is 16.9. The van der Waals surface area contributed by atoms with Crippen LogP contribution in [0.1, 0.15) is 23.1 Å². The molecule has 0 amide bonds. The molecular weight excluding hydrogens is 470 g/mol. The first kappa shape index (κ1) is 22.6. The first-order valence-corrected chi connectivity index (χ1v) is 13.4. The van der Waals surface area contributed by atoms with Gasteiger partial charge in [0.2, 0.25) is 10.0 Å². The summed E-state index contributed by atoms with van der Waals surface area (Å²) >= 11 is 0. The second kappa shape index (κ2) is 8.97. The van der Waals surface area contributed by atoms with Crippen LogP contribution < -0.4 is 9.47 Å². The van der Waals surface area contributed by atoms with E-state index in [1.54, 1.807) is 18.2 Å². The van der Waals surface area contributed by atoms with Crippen LogP contribution in [0.5, 0.6) is 11.5 Å². The molecule has 2 heterocycles. The molecule has 2 aliphatic rings. The summed E-state index contributed by atoms with van der Waals surface area (Å²) in [5.74, 6) is -0.279. The van der Waals surface area contributed by atoms with Gasteiger partial charge in [-0.3, -0.25) is 0 Å². The van der Waals surface area contributed by atoms with E-state index in [9.17, 15) is 8.42 Å². The lowest BCUT2D eigenvalue weighted by atomic mass is 9.97. The molecule has 0 atom stereocenters. The van der Waals surface area contributed by atoms with Crippen molar-refractivity contribution in [2.75, 3.05) is 13.1 Å². The highest BCUT2D eigenvalue weighted by Gasteiger charge is 2.45. The van der Waals surface area contributed by atoms with E-state index >= 15 is 0 Å². The molecule has 4 aromatic carbocycles. The van der Waals surface area contributed by atoms with Gasteiger partial charge in [-0.1, -0.05) is 97.1 Å². The van der Waals surface area contributed by atoms with Crippen molar-refractivity contribution in [1.29, 1.82) is 0 Å². The summed E-state index contributed by atoms with van der Waals surface area (Å²) in [5.41, 5.74) is 3.96. The van der Waals surface area contributed by atoms with Gasteiger partial charge in [-0.05, 0) is 29.7 Å². The van der Waals surface area contributed by atoms with Gasteiger partial charge in [-0.15, -0.1) is 0 Å². The second-order valence-electron chi connectivity index (χ2n) is 8.87. The van der Waals surface area contributed by atoms with E-state index in [1.807, 2.05) is 84.9 Å². The minimum Gasteiger partial charge on any atom is -0.440 e. The summed E-state index contributed by atoms with van der Waals surface area (Å²) in [4.78, 5) is 0.193. The van der Waals surface area contributed by atoms with Gasteiger partial charge in [0.25, 0.3) is 0 Å². The molecule has 0 aromatic heterocycles. The van der Waals surface area contributed by atoms with Crippen LogP contribution >= 0.6 is 0 Å². The molecule has 180 valence electrons. The molecule has 6 rings (SSSR count). The maximum absolute atomic E-state index is 13.5. The fraction of sp³-hybridized carbons (Fsp3) is 0.133. The average molecular weight is 496 g/mol. The zero-order valence-electron chi connectivity index (χ0n) is 19.6. The van der Waals surface area contributed by atoms with Crippen molar-refractivity contribution in [1.82, 2.24) is 4.31 Å². The predicted octanol–water partition coefficient (Wildman–Crippen LogP) is 5.84. The van der Waals surface area contributed by atoms with Crippen LogP contribution in [0.2, 0.25) is 0 Å². The summed E-state index contributed by atoms with van der Waals surface area (Å²) in [6.45, 7) is 0.758. The molecule has 0 aliphatic carbocycles. The Labute approximate surface area is 211 Å². The van der Waals surface area contributed by atoms with Gasteiger partial charge in [0.05, 0.1) is 4.90 Å². The van der Waals surface area contributed by atoms with Crippen molar-refractivity contribution in [2.24, 2.45) is 0 Å². The van der Waals surface area contributed by atoms with Gasteiger partial charge in [-0.25, -0.2) is 8.42 Å². The molecule has 0 radical (unpaired) electrons. The van der Waals surface area contributed by atoms with E-state index in [2.05, 4.69) is 12.1 Å². The molecule has 0 bridgehead atoms. The molecule has 0 fully saturated rings. The number of ether oxygens (including phenoxy) is 2. The van der Waals surface area contributed by atoms with Gasteiger partial charge < -0.3 is 9.47 Å². The third-order valence-corrected chi connectivity index (χ3v) is 8.55. The first-order chi connectivity index (χ1) is 17.6. The number of benzene rings is 4. The van der Waals surface area contributed by atoms with Crippen LogP contribution in [0.15, 0.2) is 120 Å². The highest BCUT2D eigenvalue weighted by atomic mass is 32.2. The summed E-state index contributed by atoms with van der Waals surface area (Å²) in [7, 11) is -3.70. The van der Waals surface area contributed by atoms with Crippen molar-refractivity contribution >= 4 is 15.6 Å². The molecule has 0 saturated carbocycles. The molecule has 0 unspecified atom stereocenters. The summed E-state index contributed by atoms with van der Waals surface area (Å²) in [5, 5.41) is 0. The number of nitrogens with zero attached hydrogens (tertiary/aromatic N) is 1. The predicted molar refractivity (Wildman–Crippen MR) is 139 cm³/mol. The number of fused-ring (bicyclic) bond motifs is 1. The molecule has 5 nitrogen and oxygen atoms in total. The first-order valence-electron chi connectivity index (χ1n) is 11.9. The topological polar surface area (TPSA) is 55.8 Å². The number of sulfonamides is 1. The quantitative estimate of drug-likeness (QED) is 0.349. The van der Waals surface area contributed by atoms with E-state index in [0.717, 1.165) is 16.7 Å². The van der Waals surface area contributed by atoms with Crippen LogP contribution in [0.25, 0.3) is 5.57 Å². The van der Waals surface area contributed by atoms with Crippen molar-refractivity contribution in [3.05, 3.63) is 132 Å². The van der Waals surface area contributed by atoms with Crippen LogP contribution in [0.4, 0.5) is 0 Å². The minimum absolute atomic E-state index is 0.193. The zero-order chi connectivity index (χ0) is 24.6. The van der Waals surface area contributed by atoms with E-state index in [1.165, 1.54) is 9.88 Å². The van der Waals surface area contributed by atoms with Crippen LogP contribution in [0.3, 0.4) is 0 Å². The Balaban J connectivity index is 1.31. The third kappa shape index (κ3) is 3.88. The Hall–Kier alpha value is -3.87. The number of hydrogen-bond acceptors (Lipinski definition) is 4. The molecule has 0 N–H and O–H groups in total. The summed E-state index contributed by atoms with van der Waals surface area (Å²) in [6.07, 6.45) is 2.66. The Morgan fingerprint density at radius 1 is 0.694 bits per heavy atom. The van der Waals surface area contributed by atoms with Crippen LogP contribution in [-0.2, 0) is 15.8 Å². The van der Waals surface area contributed by atoms with E-state index in [0.29, 0.717) is 31.0 Å². The van der Waals surface area contributed by atoms with Gasteiger partial charge >= 0.3 is 5.79 Å². The maximum atomic E-state index is 13.5. The molecular formula is C30H25NO4S. The SMILES string of the molecule is O=S(=O)(c1ccc2c(c1)OC(c1ccccc1)(c1ccccc1)O2)N1CC=C(c2ccccc2)CC1. The van der Waals surface area contributed by atoms with Crippen molar-refractivity contribution in [3.63, 3.8) is 0 Å². The third-order valence-electron chi connectivity index (χ3n) is 6.68. The molecule has 2 aliphatic heterocycles. The van der Waals surface area contributed by atoms with E-state index < -0.39 is 15.8 Å². The molecule has 0 saturated heterocycles. The molecule has 0 spiro atoms. The van der Waals surface area contributed by atoms with Crippen molar-refractivity contribution < 1.29 is 17.9 Å².